The molecule has 1 aliphatic heterocycles. The van der Waals surface area contributed by atoms with Crippen molar-refractivity contribution in [1.29, 1.82) is 0 Å². The number of amides is 1. The number of aliphatic carboxylic acids is 1. The zero-order valence-electron chi connectivity index (χ0n) is 12.6. The van der Waals surface area contributed by atoms with Crippen molar-refractivity contribution in [3.63, 3.8) is 0 Å². The van der Waals surface area contributed by atoms with Crippen molar-refractivity contribution in [2.75, 3.05) is 5.75 Å². The van der Waals surface area contributed by atoms with E-state index in [2.05, 4.69) is 5.32 Å². The van der Waals surface area contributed by atoms with E-state index in [9.17, 15) is 24.6 Å². The molecule has 0 bridgehead atoms. The monoisotopic (exact) mass is 334 g/mol. The molecule has 3 unspecified atom stereocenters. The highest BCUT2D eigenvalue weighted by Crippen LogP contribution is 2.36. The third kappa shape index (κ3) is 3.27. The Morgan fingerprint density at radius 3 is 2.36 bits per heavy atom. The van der Waals surface area contributed by atoms with Crippen molar-refractivity contribution < 1.29 is 29.7 Å². The summed E-state index contributed by atoms with van der Waals surface area (Å²) in [5.41, 5.74) is 3.49. The fraction of sp³-hybridized carbons (Fsp3) is 0.769. The molecule has 0 radical (unpaired) electrons. The van der Waals surface area contributed by atoms with Crippen LogP contribution in [-0.2, 0) is 14.4 Å². The zero-order chi connectivity index (χ0) is 17.2. The van der Waals surface area contributed by atoms with Gasteiger partial charge in [-0.3, -0.25) is 14.4 Å². The third-order valence-corrected chi connectivity index (χ3v) is 4.96. The first-order chi connectivity index (χ1) is 10.1. The summed E-state index contributed by atoms with van der Waals surface area (Å²) in [7, 11) is 0. The van der Waals surface area contributed by atoms with Crippen LogP contribution < -0.4 is 11.1 Å². The molecule has 0 aliphatic carbocycles. The highest BCUT2D eigenvalue weighted by molar-refractivity contribution is 8.13. The lowest BCUT2D eigenvalue weighted by Gasteiger charge is -2.37. The van der Waals surface area contributed by atoms with Crippen molar-refractivity contribution in [2.24, 2.45) is 17.6 Å². The normalized spacial score (nSPS) is 31.0. The summed E-state index contributed by atoms with van der Waals surface area (Å²) in [5, 5.41) is 31.1. The van der Waals surface area contributed by atoms with Gasteiger partial charge in [0.05, 0.1) is 18.1 Å². The van der Waals surface area contributed by atoms with Crippen LogP contribution in [0.2, 0.25) is 0 Å². The Kier molecular flexibility index (Phi) is 5.96. The van der Waals surface area contributed by atoms with E-state index in [0.29, 0.717) is 11.8 Å². The van der Waals surface area contributed by atoms with Gasteiger partial charge in [-0.1, -0.05) is 32.5 Å². The Hall–Kier alpha value is -1.16. The van der Waals surface area contributed by atoms with Gasteiger partial charge in [-0.25, -0.2) is 0 Å². The molecule has 8 nitrogen and oxygen atoms in total. The number of nitrogens with two attached hydrogens (primary N) is 1. The maximum absolute atomic E-state index is 12.5. The predicted molar refractivity (Wildman–Crippen MR) is 80.0 cm³/mol. The minimum atomic E-state index is -1.85. The van der Waals surface area contributed by atoms with Crippen LogP contribution in [0.5, 0.6) is 0 Å². The second kappa shape index (κ2) is 6.95. The molecule has 0 spiro atoms. The van der Waals surface area contributed by atoms with E-state index >= 15 is 0 Å². The molecule has 0 aromatic heterocycles. The van der Waals surface area contributed by atoms with Gasteiger partial charge in [0.15, 0.2) is 5.54 Å². The maximum Gasteiger partial charge on any atom is 0.321 e. The molecule has 6 N–H and O–H groups in total. The highest BCUT2D eigenvalue weighted by atomic mass is 32.2. The van der Waals surface area contributed by atoms with E-state index in [-0.39, 0.29) is 5.75 Å². The molecule has 0 saturated carbocycles. The number of hydrogen-bond donors (Lipinski definition) is 5. The lowest BCUT2D eigenvalue weighted by molar-refractivity contribution is -0.137. The van der Waals surface area contributed by atoms with Crippen LogP contribution in [0.1, 0.15) is 20.8 Å². The Morgan fingerprint density at radius 1 is 1.45 bits per heavy atom. The molecular formula is C13H22N2O6S. The smallest absolute Gasteiger partial charge is 0.321 e. The Balaban J connectivity index is 3.04. The number of carboxylic acid groups (broad SMARTS) is 1. The molecule has 126 valence electrons. The number of carbonyl (C=O) groups excluding carboxylic acids is 2. The lowest BCUT2D eigenvalue weighted by Crippen LogP contribution is -2.64. The average molecular weight is 334 g/mol. The first kappa shape index (κ1) is 18.9. The number of rotatable bonds is 6. The van der Waals surface area contributed by atoms with Gasteiger partial charge in [-0.15, -0.1) is 0 Å². The summed E-state index contributed by atoms with van der Waals surface area (Å²) in [6.07, 6.45) is -2.71. The molecule has 5 atom stereocenters. The van der Waals surface area contributed by atoms with Gasteiger partial charge in [0.25, 0.3) is 0 Å². The molecule has 1 heterocycles. The van der Waals surface area contributed by atoms with Gasteiger partial charge in [0.2, 0.25) is 11.0 Å². The van der Waals surface area contributed by atoms with Gasteiger partial charge in [-0.2, -0.15) is 0 Å². The number of thioether (sulfide) groups is 1. The second-order valence-electron chi connectivity index (χ2n) is 5.82. The number of hydrogen-bond acceptors (Lipinski definition) is 7. The number of carboxylic acids is 1. The van der Waals surface area contributed by atoms with Crippen LogP contribution in [0.3, 0.4) is 0 Å². The molecule has 1 rings (SSSR count). The molecule has 0 aromatic carbocycles. The van der Waals surface area contributed by atoms with Crippen LogP contribution in [0, 0.1) is 11.8 Å². The van der Waals surface area contributed by atoms with Crippen LogP contribution in [0.25, 0.3) is 0 Å². The van der Waals surface area contributed by atoms with Gasteiger partial charge in [0.1, 0.15) is 6.04 Å². The Morgan fingerprint density at radius 2 is 2.00 bits per heavy atom. The molecule has 1 saturated heterocycles. The van der Waals surface area contributed by atoms with E-state index in [1.807, 2.05) is 0 Å². The molecule has 1 aliphatic rings. The van der Waals surface area contributed by atoms with Crippen LogP contribution >= 0.6 is 11.8 Å². The minimum absolute atomic E-state index is 0.225. The fourth-order valence-electron chi connectivity index (χ4n) is 2.35. The maximum atomic E-state index is 12.5. The molecular weight excluding hydrogens is 312 g/mol. The third-order valence-electron chi connectivity index (χ3n) is 3.83. The molecule has 9 heteroatoms. The molecule has 0 aromatic rings. The standard InChI is InChI=1S/C13H22N2O6S/c1-5(2)8(16)13(9(17)6(3)10(18)15-13)12(21)22-4-7(14)11(19)20/h5-9,16-17H,4,14H2,1-3H3,(H,15,18)(H,19,20)/t6-,7?,8?,9?,13-/m1/s1. The summed E-state index contributed by atoms with van der Waals surface area (Å²) < 4.78 is 0. The van der Waals surface area contributed by atoms with E-state index in [1.165, 1.54) is 6.92 Å². The first-order valence-corrected chi connectivity index (χ1v) is 7.88. The summed E-state index contributed by atoms with van der Waals surface area (Å²) in [5.74, 6) is -3.28. The van der Waals surface area contributed by atoms with Gasteiger partial charge >= 0.3 is 5.97 Å². The Labute approximate surface area is 132 Å². The minimum Gasteiger partial charge on any atom is -0.480 e. The number of carbonyl (C=O) groups is 3. The van der Waals surface area contributed by atoms with Crippen LogP contribution in [0.4, 0.5) is 0 Å². The largest absolute Gasteiger partial charge is 0.480 e. The van der Waals surface area contributed by atoms with Gasteiger partial charge in [0, 0.05) is 5.75 Å². The zero-order valence-corrected chi connectivity index (χ0v) is 13.5. The van der Waals surface area contributed by atoms with E-state index < -0.39 is 52.6 Å². The summed E-state index contributed by atoms with van der Waals surface area (Å²) in [4.78, 5) is 35.0. The molecule has 1 amide bonds. The van der Waals surface area contributed by atoms with Crippen LogP contribution in [-0.4, -0.2) is 61.9 Å². The highest BCUT2D eigenvalue weighted by Gasteiger charge is 2.60. The summed E-state index contributed by atoms with van der Waals surface area (Å²) >= 11 is 0.583. The van der Waals surface area contributed by atoms with E-state index in [0.717, 1.165) is 0 Å². The van der Waals surface area contributed by atoms with E-state index in [1.54, 1.807) is 13.8 Å². The number of aliphatic hydroxyl groups excluding tert-OH is 2. The van der Waals surface area contributed by atoms with Crippen molar-refractivity contribution in [1.82, 2.24) is 5.32 Å². The van der Waals surface area contributed by atoms with Crippen molar-refractivity contribution in [3.8, 4) is 0 Å². The topological polar surface area (TPSA) is 150 Å². The summed E-state index contributed by atoms with van der Waals surface area (Å²) in [6.45, 7) is 4.75. The second-order valence-corrected chi connectivity index (χ2v) is 6.82. The fourth-order valence-corrected chi connectivity index (χ4v) is 3.36. The Bertz CT molecular complexity index is 471. The van der Waals surface area contributed by atoms with Crippen molar-refractivity contribution >= 4 is 28.8 Å². The van der Waals surface area contributed by atoms with Crippen molar-refractivity contribution in [3.05, 3.63) is 0 Å². The van der Waals surface area contributed by atoms with Gasteiger partial charge in [-0.05, 0) is 5.92 Å². The summed E-state index contributed by atoms with van der Waals surface area (Å²) in [6, 6.07) is -1.26. The average Bonchev–Trinajstić information content (AvgIpc) is 2.68. The quantitative estimate of drug-likeness (QED) is 0.395. The number of aliphatic hydroxyl groups is 2. The molecule has 22 heavy (non-hydrogen) atoms. The van der Waals surface area contributed by atoms with E-state index in [4.69, 9.17) is 10.8 Å². The lowest BCUT2D eigenvalue weighted by atomic mass is 9.81. The first-order valence-electron chi connectivity index (χ1n) is 6.89. The SMILES string of the molecule is CC(C)C(O)[C@@]1(C(=O)SCC(N)C(=O)O)NC(=O)[C@H](C)C1O. The van der Waals surface area contributed by atoms with Gasteiger partial charge < -0.3 is 26.4 Å². The predicted octanol–water partition coefficient (Wildman–Crippen LogP) is -1.46. The number of nitrogens with one attached hydrogen (secondary N) is 1. The molecule has 1 fully saturated rings. The van der Waals surface area contributed by atoms with Crippen molar-refractivity contribution in [2.45, 2.75) is 44.6 Å². The van der Waals surface area contributed by atoms with Crippen LogP contribution in [0.15, 0.2) is 0 Å².